The van der Waals surface area contributed by atoms with Gasteiger partial charge >= 0.3 is 6.03 Å². The van der Waals surface area contributed by atoms with Crippen molar-refractivity contribution in [2.45, 2.75) is 44.8 Å². The number of hydrogen-bond acceptors (Lipinski definition) is 3. The molecule has 128 valence electrons. The first kappa shape index (κ1) is 17.5. The van der Waals surface area contributed by atoms with Crippen LogP contribution in [-0.4, -0.2) is 36.4 Å². The summed E-state index contributed by atoms with van der Waals surface area (Å²) in [6.07, 6.45) is 3.32. The molecule has 1 aromatic carbocycles. The van der Waals surface area contributed by atoms with E-state index in [2.05, 4.69) is 10.6 Å². The van der Waals surface area contributed by atoms with Crippen LogP contribution in [0.1, 0.15) is 32.6 Å². The van der Waals surface area contributed by atoms with Crippen molar-refractivity contribution >= 4 is 6.03 Å². The molecule has 23 heavy (non-hydrogen) atoms. The van der Waals surface area contributed by atoms with Gasteiger partial charge in [0.05, 0.1) is 6.54 Å². The Kier molecular flexibility index (Phi) is 6.65. The molecular weight excluding hydrogens is 299 g/mol. The highest BCUT2D eigenvalue weighted by molar-refractivity contribution is 5.74. The number of aliphatic hydroxyl groups excluding tert-OH is 1. The molecule has 0 saturated heterocycles. The van der Waals surface area contributed by atoms with Gasteiger partial charge in [-0.2, -0.15) is 0 Å². The van der Waals surface area contributed by atoms with Crippen molar-refractivity contribution in [1.29, 1.82) is 0 Å². The highest BCUT2D eigenvalue weighted by Crippen LogP contribution is 2.23. The third-order valence-electron chi connectivity index (χ3n) is 4.16. The fourth-order valence-corrected chi connectivity index (χ4v) is 2.76. The predicted octanol–water partition coefficient (Wildman–Crippen LogP) is 2.44. The Bertz CT molecular complexity index is 504. The summed E-state index contributed by atoms with van der Waals surface area (Å²) in [6.45, 7) is 2.30. The maximum absolute atomic E-state index is 13.5. The largest absolute Gasteiger partial charge is 0.486 e. The molecular formula is C17H25FN2O3. The molecule has 6 heteroatoms. The lowest BCUT2D eigenvalue weighted by molar-refractivity contribution is 0.172. The van der Waals surface area contributed by atoms with Crippen LogP contribution in [0.2, 0.25) is 0 Å². The smallest absolute Gasteiger partial charge is 0.315 e. The molecule has 1 fully saturated rings. The molecule has 0 aromatic heterocycles. The summed E-state index contributed by atoms with van der Waals surface area (Å²) in [7, 11) is 0. The summed E-state index contributed by atoms with van der Waals surface area (Å²) in [5, 5.41) is 14.8. The van der Waals surface area contributed by atoms with Crippen molar-refractivity contribution in [3.05, 3.63) is 30.1 Å². The van der Waals surface area contributed by atoms with Gasteiger partial charge in [0, 0.05) is 12.6 Å². The second-order valence-corrected chi connectivity index (χ2v) is 6.11. The summed E-state index contributed by atoms with van der Waals surface area (Å²) in [4.78, 5) is 11.9. The fraction of sp³-hybridized carbons (Fsp3) is 0.588. The molecule has 1 aromatic rings. The molecule has 1 saturated carbocycles. The van der Waals surface area contributed by atoms with Gasteiger partial charge in [0.15, 0.2) is 11.6 Å². The molecule has 1 aliphatic carbocycles. The second-order valence-electron chi connectivity index (χ2n) is 6.11. The number of rotatable bonds is 6. The Hall–Kier alpha value is -1.82. The predicted molar refractivity (Wildman–Crippen MR) is 85.9 cm³/mol. The van der Waals surface area contributed by atoms with Crippen molar-refractivity contribution in [1.82, 2.24) is 10.6 Å². The third kappa shape index (κ3) is 5.71. The maximum atomic E-state index is 13.5. The first-order chi connectivity index (χ1) is 11.1. The van der Waals surface area contributed by atoms with Gasteiger partial charge in [-0.05, 0) is 50.7 Å². The fourth-order valence-electron chi connectivity index (χ4n) is 2.76. The number of carbonyl (C=O) groups excluding carboxylic acids is 1. The summed E-state index contributed by atoms with van der Waals surface area (Å²) in [5.74, 6) is 0.138. The topological polar surface area (TPSA) is 70.6 Å². The number of aliphatic hydroxyl groups is 1. The Morgan fingerprint density at radius 1 is 1.35 bits per heavy atom. The highest BCUT2D eigenvalue weighted by Gasteiger charge is 2.21. The number of urea groups is 1. The van der Waals surface area contributed by atoms with E-state index in [9.17, 15) is 9.18 Å². The number of benzene rings is 1. The van der Waals surface area contributed by atoms with Crippen LogP contribution in [0, 0.1) is 11.7 Å². The quantitative estimate of drug-likeness (QED) is 0.753. The number of halogens is 1. The Morgan fingerprint density at radius 3 is 2.70 bits per heavy atom. The maximum Gasteiger partial charge on any atom is 0.315 e. The molecule has 2 amide bonds. The number of amides is 2. The zero-order chi connectivity index (χ0) is 16.7. The molecule has 0 spiro atoms. The third-order valence-corrected chi connectivity index (χ3v) is 4.16. The monoisotopic (exact) mass is 324 g/mol. The zero-order valence-electron chi connectivity index (χ0n) is 13.4. The standard InChI is InChI=1S/C17H25FN2O3/c1-12(23-16-5-3-2-4-15(16)18)10-19-17(22)20-14-8-6-13(11-21)7-9-14/h2-5,12-14,21H,6-11H2,1H3,(H2,19,20,22). The van der Waals surface area contributed by atoms with Gasteiger partial charge in [-0.15, -0.1) is 0 Å². The number of carbonyl (C=O) groups is 1. The van der Waals surface area contributed by atoms with E-state index < -0.39 is 5.82 Å². The first-order valence-corrected chi connectivity index (χ1v) is 8.15. The summed E-state index contributed by atoms with van der Waals surface area (Å²) < 4.78 is 18.9. The van der Waals surface area contributed by atoms with Crippen LogP contribution in [0.3, 0.4) is 0 Å². The number of ether oxygens (including phenoxy) is 1. The average molecular weight is 324 g/mol. The molecule has 2 rings (SSSR count). The van der Waals surface area contributed by atoms with Crippen molar-refractivity contribution in [2.24, 2.45) is 5.92 Å². The lowest BCUT2D eigenvalue weighted by Gasteiger charge is -2.28. The van der Waals surface area contributed by atoms with Crippen LogP contribution in [0.5, 0.6) is 5.75 Å². The van der Waals surface area contributed by atoms with Crippen molar-refractivity contribution in [2.75, 3.05) is 13.2 Å². The van der Waals surface area contributed by atoms with E-state index >= 15 is 0 Å². The van der Waals surface area contributed by atoms with Gasteiger partial charge in [-0.25, -0.2) is 9.18 Å². The summed E-state index contributed by atoms with van der Waals surface area (Å²) in [5.41, 5.74) is 0. The highest BCUT2D eigenvalue weighted by atomic mass is 19.1. The molecule has 0 radical (unpaired) electrons. The molecule has 1 aliphatic rings. The Morgan fingerprint density at radius 2 is 2.04 bits per heavy atom. The van der Waals surface area contributed by atoms with Crippen LogP contribution in [0.25, 0.3) is 0 Å². The minimum absolute atomic E-state index is 0.153. The lowest BCUT2D eigenvalue weighted by Crippen LogP contribution is -2.46. The molecule has 0 bridgehead atoms. The van der Waals surface area contributed by atoms with Crippen molar-refractivity contribution in [3.8, 4) is 5.75 Å². The van der Waals surface area contributed by atoms with E-state index in [-0.39, 0.29) is 30.5 Å². The SMILES string of the molecule is CC(CNC(=O)NC1CCC(CO)CC1)Oc1ccccc1F. The van der Waals surface area contributed by atoms with Gasteiger partial charge in [-0.3, -0.25) is 0 Å². The number of para-hydroxylation sites is 1. The van der Waals surface area contributed by atoms with E-state index in [0.717, 1.165) is 25.7 Å². The van der Waals surface area contributed by atoms with Crippen LogP contribution < -0.4 is 15.4 Å². The van der Waals surface area contributed by atoms with Crippen molar-refractivity contribution < 1.29 is 19.0 Å². The van der Waals surface area contributed by atoms with E-state index in [0.29, 0.717) is 12.5 Å². The molecule has 0 aliphatic heterocycles. The van der Waals surface area contributed by atoms with Gasteiger partial charge < -0.3 is 20.5 Å². The molecule has 1 unspecified atom stereocenters. The van der Waals surface area contributed by atoms with E-state index in [1.165, 1.54) is 6.07 Å². The molecule has 5 nitrogen and oxygen atoms in total. The minimum Gasteiger partial charge on any atom is -0.486 e. The van der Waals surface area contributed by atoms with Crippen LogP contribution in [0.4, 0.5) is 9.18 Å². The number of hydrogen-bond donors (Lipinski definition) is 3. The van der Waals surface area contributed by atoms with Crippen LogP contribution >= 0.6 is 0 Å². The first-order valence-electron chi connectivity index (χ1n) is 8.15. The molecule has 1 atom stereocenters. The van der Waals surface area contributed by atoms with E-state index in [1.807, 2.05) is 0 Å². The molecule has 0 heterocycles. The van der Waals surface area contributed by atoms with Gasteiger partial charge in [0.25, 0.3) is 0 Å². The van der Waals surface area contributed by atoms with E-state index in [4.69, 9.17) is 9.84 Å². The number of nitrogens with one attached hydrogen (secondary N) is 2. The van der Waals surface area contributed by atoms with Gasteiger partial charge in [-0.1, -0.05) is 12.1 Å². The lowest BCUT2D eigenvalue weighted by atomic mass is 9.87. The Balaban J connectivity index is 1.67. The second kappa shape index (κ2) is 8.72. The Labute approximate surface area is 136 Å². The molecule has 3 N–H and O–H groups in total. The average Bonchev–Trinajstić information content (AvgIpc) is 2.56. The summed E-state index contributed by atoms with van der Waals surface area (Å²) >= 11 is 0. The van der Waals surface area contributed by atoms with Gasteiger partial charge in [0.1, 0.15) is 6.10 Å². The zero-order valence-corrected chi connectivity index (χ0v) is 13.4. The van der Waals surface area contributed by atoms with Crippen molar-refractivity contribution in [3.63, 3.8) is 0 Å². The normalized spacial score (nSPS) is 22.2. The summed E-state index contributed by atoms with van der Waals surface area (Å²) in [6, 6.07) is 6.12. The van der Waals surface area contributed by atoms with Crippen LogP contribution in [0.15, 0.2) is 24.3 Å². The van der Waals surface area contributed by atoms with Gasteiger partial charge in [0.2, 0.25) is 0 Å². The minimum atomic E-state index is -0.413. The van der Waals surface area contributed by atoms with E-state index in [1.54, 1.807) is 25.1 Å². The van der Waals surface area contributed by atoms with Crippen LogP contribution in [-0.2, 0) is 0 Å².